The van der Waals surface area contributed by atoms with E-state index < -0.39 is 12.0 Å². The van der Waals surface area contributed by atoms with E-state index in [-0.39, 0.29) is 11.9 Å². The van der Waals surface area contributed by atoms with Crippen LogP contribution in [-0.4, -0.2) is 29.6 Å². The topological polar surface area (TPSA) is 41.0 Å². The first-order valence-electron chi connectivity index (χ1n) is 6.24. The van der Waals surface area contributed by atoms with Crippen LogP contribution in [0, 0.1) is 0 Å². The van der Waals surface area contributed by atoms with Gasteiger partial charge >= 0.3 is 6.18 Å². The zero-order valence-corrected chi connectivity index (χ0v) is 11.5. The lowest BCUT2D eigenvalue weighted by Crippen LogP contribution is -2.33. The molecule has 1 aromatic heterocycles. The fourth-order valence-electron chi connectivity index (χ4n) is 1.76. The van der Waals surface area contributed by atoms with E-state index in [1.54, 1.807) is 0 Å². The molecule has 0 bridgehead atoms. The van der Waals surface area contributed by atoms with Crippen LogP contribution < -0.4 is 10.2 Å². The van der Waals surface area contributed by atoms with E-state index in [4.69, 9.17) is 0 Å². The summed E-state index contributed by atoms with van der Waals surface area (Å²) in [5, 5.41) is 2.64. The Bertz CT molecular complexity index is 420. The Morgan fingerprint density at radius 2 is 1.95 bits per heavy atom. The fraction of sp³-hybridized carbons (Fsp3) is 0.667. The maximum Gasteiger partial charge on any atom is 0.451 e. The van der Waals surface area contributed by atoms with Gasteiger partial charge in [0.15, 0.2) is 0 Å². The van der Waals surface area contributed by atoms with Crippen LogP contribution >= 0.6 is 0 Å². The van der Waals surface area contributed by atoms with Crippen LogP contribution in [0.3, 0.4) is 0 Å². The molecule has 1 atom stereocenters. The van der Waals surface area contributed by atoms with Crippen LogP contribution in [0.25, 0.3) is 0 Å². The average molecular weight is 276 g/mol. The van der Waals surface area contributed by atoms with Gasteiger partial charge in [0.05, 0.1) is 0 Å². The minimum absolute atomic E-state index is 0.116. The third kappa shape index (κ3) is 3.71. The Labute approximate surface area is 111 Å². The quantitative estimate of drug-likeness (QED) is 0.897. The number of alkyl halides is 3. The van der Waals surface area contributed by atoms with E-state index in [0.717, 1.165) is 6.42 Å². The fourth-order valence-corrected chi connectivity index (χ4v) is 1.76. The summed E-state index contributed by atoms with van der Waals surface area (Å²) in [6.07, 6.45) is -3.72. The molecule has 0 saturated heterocycles. The smallest absolute Gasteiger partial charge is 0.373 e. The van der Waals surface area contributed by atoms with Crippen molar-refractivity contribution in [2.45, 2.75) is 39.4 Å². The molecule has 0 amide bonds. The third-order valence-corrected chi connectivity index (χ3v) is 2.98. The van der Waals surface area contributed by atoms with Gasteiger partial charge in [-0.25, -0.2) is 9.97 Å². The first-order chi connectivity index (χ1) is 8.83. The summed E-state index contributed by atoms with van der Waals surface area (Å²) in [6, 6.07) is 1.65. The number of nitrogens with one attached hydrogen (secondary N) is 1. The molecule has 0 aliphatic heterocycles. The molecular weight excluding hydrogens is 257 g/mol. The highest BCUT2D eigenvalue weighted by Gasteiger charge is 2.36. The zero-order valence-electron chi connectivity index (χ0n) is 11.5. The molecule has 0 fully saturated rings. The summed E-state index contributed by atoms with van der Waals surface area (Å²) in [5.74, 6) is -0.654. The van der Waals surface area contributed by atoms with Crippen molar-refractivity contribution in [2.75, 3.05) is 23.8 Å². The summed E-state index contributed by atoms with van der Waals surface area (Å²) >= 11 is 0. The van der Waals surface area contributed by atoms with Crippen molar-refractivity contribution in [3.63, 3.8) is 0 Å². The summed E-state index contributed by atoms with van der Waals surface area (Å²) in [4.78, 5) is 8.92. The third-order valence-electron chi connectivity index (χ3n) is 2.98. The molecule has 1 rings (SSSR count). The van der Waals surface area contributed by atoms with Gasteiger partial charge in [-0.2, -0.15) is 13.2 Å². The first kappa shape index (κ1) is 15.5. The second-order valence-electron chi connectivity index (χ2n) is 4.23. The standard InChI is InChI=1S/C12H19F3N4/c1-5-8(3)19(6-2)10-7-9(16-4)17-11(18-10)12(13,14)15/h7-8H,5-6H2,1-4H3,(H,16,17,18). The van der Waals surface area contributed by atoms with Crippen LogP contribution in [0.2, 0.25) is 0 Å². The highest BCUT2D eigenvalue weighted by Crippen LogP contribution is 2.29. The van der Waals surface area contributed by atoms with Crippen LogP contribution in [0.1, 0.15) is 33.0 Å². The number of rotatable bonds is 5. The minimum atomic E-state index is -4.55. The van der Waals surface area contributed by atoms with Gasteiger partial charge in [0, 0.05) is 25.7 Å². The molecule has 7 heteroatoms. The van der Waals surface area contributed by atoms with E-state index in [9.17, 15) is 13.2 Å². The molecule has 0 saturated carbocycles. The molecular formula is C12H19F3N4. The van der Waals surface area contributed by atoms with Crippen molar-refractivity contribution in [3.05, 3.63) is 11.9 Å². The molecule has 1 heterocycles. The second kappa shape index (κ2) is 6.08. The monoisotopic (exact) mass is 276 g/mol. The summed E-state index contributed by atoms with van der Waals surface area (Å²) in [5.41, 5.74) is 0. The van der Waals surface area contributed by atoms with Gasteiger partial charge in [0.1, 0.15) is 11.6 Å². The number of anilines is 2. The number of hydrogen-bond donors (Lipinski definition) is 1. The van der Waals surface area contributed by atoms with E-state index in [1.165, 1.54) is 13.1 Å². The number of halogens is 3. The Balaban J connectivity index is 3.26. The highest BCUT2D eigenvalue weighted by molar-refractivity contribution is 5.50. The Kier molecular flexibility index (Phi) is 4.97. The molecule has 0 radical (unpaired) electrons. The Morgan fingerprint density at radius 1 is 1.32 bits per heavy atom. The van der Waals surface area contributed by atoms with Crippen molar-refractivity contribution in [2.24, 2.45) is 0 Å². The van der Waals surface area contributed by atoms with Crippen LogP contribution in [0.5, 0.6) is 0 Å². The first-order valence-corrected chi connectivity index (χ1v) is 6.24. The summed E-state index contributed by atoms with van der Waals surface area (Å²) < 4.78 is 38.3. The van der Waals surface area contributed by atoms with Gasteiger partial charge in [-0.15, -0.1) is 0 Å². The van der Waals surface area contributed by atoms with Gasteiger partial charge < -0.3 is 10.2 Å². The van der Waals surface area contributed by atoms with Crippen molar-refractivity contribution >= 4 is 11.6 Å². The van der Waals surface area contributed by atoms with E-state index in [0.29, 0.717) is 12.4 Å². The minimum Gasteiger partial charge on any atom is -0.373 e. The highest BCUT2D eigenvalue weighted by atomic mass is 19.4. The number of hydrogen-bond acceptors (Lipinski definition) is 4. The van der Waals surface area contributed by atoms with Gasteiger partial charge in [-0.1, -0.05) is 6.92 Å². The molecule has 4 nitrogen and oxygen atoms in total. The SMILES string of the molecule is CCC(C)N(CC)c1cc(NC)nc(C(F)(F)F)n1. The Hall–Kier alpha value is -1.53. The molecule has 1 unspecified atom stereocenters. The Morgan fingerprint density at radius 3 is 2.37 bits per heavy atom. The lowest BCUT2D eigenvalue weighted by Gasteiger charge is -2.29. The maximum atomic E-state index is 12.8. The number of nitrogens with zero attached hydrogens (tertiary/aromatic N) is 3. The molecule has 19 heavy (non-hydrogen) atoms. The van der Waals surface area contributed by atoms with Gasteiger partial charge in [-0.05, 0) is 20.3 Å². The van der Waals surface area contributed by atoms with Gasteiger partial charge in [0.25, 0.3) is 0 Å². The molecule has 0 aliphatic carbocycles. The molecule has 0 aliphatic rings. The number of aromatic nitrogens is 2. The van der Waals surface area contributed by atoms with Crippen LogP contribution in [0.4, 0.5) is 24.8 Å². The zero-order chi connectivity index (χ0) is 14.6. The largest absolute Gasteiger partial charge is 0.451 e. The van der Waals surface area contributed by atoms with Gasteiger partial charge in [-0.3, -0.25) is 0 Å². The van der Waals surface area contributed by atoms with Crippen LogP contribution in [0.15, 0.2) is 6.07 Å². The molecule has 1 N–H and O–H groups in total. The van der Waals surface area contributed by atoms with Crippen molar-refractivity contribution in [1.29, 1.82) is 0 Å². The molecule has 1 aromatic rings. The predicted octanol–water partition coefficient (Wildman–Crippen LogP) is 3.16. The van der Waals surface area contributed by atoms with Crippen molar-refractivity contribution in [1.82, 2.24) is 9.97 Å². The van der Waals surface area contributed by atoms with Crippen LogP contribution in [-0.2, 0) is 6.18 Å². The molecule has 0 spiro atoms. The van der Waals surface area contributed by atoms with Crippen molar-refractivity contribution < 1.29 is 13.2 Å². The molecule has 108 valence electrons. The summed E-state index contributed by atoms with van der Waals surface area (Å²) in [7, 11) is 1.53. The van der Waals surface area contributed by atoms with Crippen molar-refractivity contribution in [3.8, 4) is 0 Å². The van der Waals surface area contributed by atoms with Gasteiger partial charge in [0.2, 0.25) is 5.82 Å². The van der Waals surface area contributed by atoms with E-state index in [1.807, 2.05) is 25.7 Å². The lowest BCUT2D eigenvalue weighted by molar-refractivity contribution is -0.144. The maximum absolute atomic E-state index is 12.8. The summed E-state index contributed by atoms with van der Waals surface area (Å²) in [6.45, 7) is 6.42. The second-order valence-corrected chi connectivity index (χ2v) is 4.23. The van der Waals surface area contributed by atoms with E-state index in [2.05, 4.69) is 15.3 Å². The lowest BCUT2D eigenvalue weighted by atomic mass is 10.2. The molecule has 0 aromatic carbocycles. The average Bonchev–Trinajstić information content (AvgIpc) is 2.37. The normalized spacial score (nSPS) is 13.2. The predicted molar refractivity (Wildman–Crippen MR) is 69.4 cm³/mol. The van der Waals surface area contributed by atoms with E-state index >= 15 is 0 Å².